The molecular formula is C12H13Cl2NO3. The number of aromatic hydroxyl groups is 1. The van der Waals surface area contributed by atoms with E-state index in [1.54, 1.807) is 6.07 Å². The first-order valence-corrected chi connectivity index (χ1v) is 6.26. The normalized spacial score (nSPS) is 23.1. The molecule has 1 aromatic rings. The van der Waals surface area contributed by atoms with Crippen molar-refractivity contribution < 1.29 is 14.6 Å². The van der Waals surface area contributed by atoms with E-state index in [1.807, 2.05) is 0 Å². The molecule has 0 aromatic heterocycles. The van der Waals surface area contributed by atoms with Crippen LogP contribution in [-0.2, 0) is 9.53 Å². The van der Waals surface area contributed by atoms with Crippen molar-refractivity contribution in [1.82, 2.24) is 5.32 Å². The lowest BCUT2D eigenvalue weighted by Gasteiger charge is -2.18. The number of hydrogen-bond donors (Lipinski definition) is 2. The summed E-state index contributed by atoms with van der Waals surface area (Å²) in [6.07, 6.45) is 0. The Kier molecular flexibility index (Phi) is 4.00. The van der Waals surface area contributed by atoms with Gasteiger partial charge in [-0.15, -0.1) is 0 Å². The van der Waals surface area contributed by atoms with Crippen molar-refractivity contribution in [1.29, 1.82) is 0 Å². The minimum atomic E-state index is -0.321. The number of carbonyl (C=O) groups is 1. The molecule has 0 amide bonds. The van der Waals surface area contributed by atoms with E-state index in [4.69, 9.17) is 27.9 Å². The molecule has 1 fully saturated rings. The van der Waals surface area contributed by atoms with E-state index in [2.05, 4.69) is 5.32 Å². The Morgan fingerprint density at radius 3 is 2.72 bits per heavy atom. The molecule has 2 N–H and O–H groups in total. The summed E-state index contributed by atoms with van der Waals surface area (Å²) < 4.78 is 4.76. The van der Waals surface area contributed by atoms with Gasteiger partial charge in [0.25, 0.3) is 0 Å². The number of benzene rings is 1. The van der Waals surface area contributed by atoms with Crippen LogP contribution in [0.4, 0.5) is 0 Å². The van der Waals surface area contributed by atoms with Crippen LogP contribution in [0, 0.1) is 5.92 Å². The van der Waals surface area contributed by atoms with E-state index >= 15 is 0 Å². The molecule has 1 aromatic carbocycles. The number of methoxy groups -OCH3 is 1. The van der Waals surface area contributed by atoms with Crippen LogP contribution in [0.2, 0.25) is 10.0 Å². The highest BCUT2D eigenvalue weighted by Gasteiger charge is 2.36. The Morgan fingerprint density at radius 1 is 1.39 bits per heavy atom. The van der Waals surface area contributed by atoms with Crippen molar-refractivity contribution >= 4 is 29.2 Å². The maximum Gasteiger partial charge on any atom is 0.310 e. The van der Waals surface area contributed by atoms with E-state index in [0.29, 0.717) is 28.7 Å². The van der Waals surface area contributed by atoms with Crippen molar-refractivity contribution in [2.24, 2.45) is 5.92 Å². The largest absolute Gasteiger partial charge is 0.508 e. The maximum atomic E-state index is 11.7. The Hall–Kier alpha value is -0.970. The highest BCUT2D eigenvalue weighted by atomic mass is 35.5. The number of ether oxygens (including phenoxy) is 1. The molecule has 6 heteroatoms. The summed E-state index contributed by atoms with van der Waals surface area (Å²) in [4.78, 5) is 11.7. The van der Waals surface area contributed by atoms with Crippen LogP contribution < -0.4 is 5.32 Å². The van der Waals surface area contributed by atoms with E-state index in [-0.39, 0.29) is 23.6 Å². The zero-order chi connectivity index (χ0) is 13.3. The zero-order valence-corrected chi connectivity index (χ0v) is 11.3. The van der Waals surface area contributed by atoms with Crippen molar-refractivity contribution in [2.75, 3.05) is 20.2 Å². The quantitative estimate of drug-likeness (QED) is 0.820. The van der Waals surface area contributed by atoms with Crippen LogP contribution in [0.5, 0.6) is 5.75 Å². The molecule has 0 saturated carbocycles. The van der Waals surface area contributed by atoms with Gasteiger partial charge in [0.05, 0.1) is 23.1 Å². The Balaban J connectivity index is 2.36. The first-order valence-electron chi connectivity index (χ1n) is 5.51. The third-order valence-corrected chi connectivity index (χ3v) is 3.91. The highest BCUT2D eigenvalue weighted by molar-refractivity contribution is 6.42. The molecule has 1 heterocycles. The van der Waals surface area contributed by atoms with E-state index in [9.17, 15) is 9.90 Å². The number of halogens is 2. The number of hydrogen-bond acceptors (Lipinski definition) is 4. The van der Waals surface area contributed by atoms with Gasteiger partial charge in [-0.3, -0.25) is 4.79 Å². The number of rotatable bonds is 2. The highest BCUT2D eigenvalue weighted by Crippen LogP contribution is 2.38. The molecule has 2 rings (SSSR count). The second-order valence-corrected chi connectivity index (χ2v) is 5.03. The monoisotopic (exact) mass is 289 g/mol. The lowest BCUT2D eigenvalue weighted by atomic mass is 9.88. The third-order valence-electron chi connectivity index (χ3n) is 3.19. The van der Waals surface area contributed by atoms with Crippen molar-refractivity contribution in [3.63, 3.8) is 0 Å². The summed E-state index contributed by atoms with van der Waals surface area (Å²) in [5.41, 5.74) is 0.616. The molecule has 98 valence electrons. The van der Waals surface area contributed by atoms with Crippen LogP contribution in [0.3, 0.4) is 0 Å². The summed E-state index contributed by atoms with van der Waals surface area (Å²) in [6, 6.07) is 3.00. The van der Waals surface area contributed by atoms with Gasteiger partial charge in [-0.25, -0.2) is 0 Å². The molecule has 18 heavy (non-hydrogen) atoms. The van der Waals surface area contributed by atoms with Crippen molar-refractivity contribution in [3.8, 4) is 5.75 Å². The maximum absolute atomic E-state index is 11.7. The van der Waals surface area contributed by atoms with Gasteiger partial charge in [0.1, 0.15) is 5.75 Å². The molecule has 1 saturated heterocycles. The minimum absolute atomic E-state index is 0.0482. The molecule has 0 bridgehead atoms. The molecule has 1 aliphatic rings. The number of nitrogens with one attached hydrogen (secondary N) is 1. The van der Waals surface area contributed by atoms with Gasteiger partial charge in [-0.2, -0.15) is 0 Å². The van der Waals surface area contributed by atoms with Gasteiger partial charge in [0.15, 0.2) is 0 Å². The standard InChI is InChI=1S/C12H13Cl2NO3/c1-18-12(17)8-5-15-4-7(8)6-2-9(13)10(14)3-11(6)16/h2-3,7-8,15-16H,4-5H2,1H3/t7-,8+/m0/s1. The molecule has 0 unspecified atom stereocenters. The molecule has 0 radical (unpaired) electrons. The summed E-state index contributed by atoms with van der Waals surface area (Å²) in [7, 11) is 1.35. The van der Waals surface area contributed by atoms with Crippen LogP contribution in [0.1, 0.15) is 11.5 Å². The average molecular weight is 290 g/mol. The molecule has 0 spiro atoms. The van der Waals surface area contributed by atoms with Gasteiger partial charge >= 0.3 is 5.97 Å². The van der Waals surface area contributed by atoms with Gasteiger partial charge in [-0.05, 0) is 6.07 Å². The number of carbonyl (C=O) groups excluding carboxylic acids is 1. The van der Waals surface area contributed by atoms with Crippen LogP contribution in [0.25, 0.3) is 0 Å². The summed E-state index contributed by atoms with van der Waals surface area (Å²) in [5.74, 6) is -0.729. The number of phenols is 1. The molecule has 2 atom stereocenters. The van der Waals surface area contributed by atoms with Crippen LogP contribution in [0.15, 0.2) is 12.1 Å². The zero-order valence-electron chi connectivity index (χ0n) is 9.74. The van der Waals surface area contributed by atoms with Gasteiger partial charge < -0.3 is 15.2 Å². The predicted octanol–water partition coefficient (Wildman–Crippen LogP) is 2.18. The SMILES string of the molecule is COC(=O)[C@@H]1CNC[C@H]1c1cc(Cl)c(Cl)cc1O. The van der Waals surface area contributed by atoms with Gasteiger partial charge in [0, 0.05) is 30.6 Å². The molecule has 0 aliphatic carbocycles. The second kappa shape index (κ2) is 5.34. The van der Waals surface area contributed by atoms with Crippen molar-refractivity contribution in [3.05, 3.63) is 27.7 Å². The Morgan fingerprint density at radius 2 is 2.06 bits per heavy atom. The molecule has 1 aliphatic heterocycles. The fourth-order valence-corrected chi connectivity index (χ4v) is 2.58. The van der Waals surface area contributed by atoms with Crippen molar-refractivity contribution in [2.45, 2.75) is 5.92 Å². The second-order valence-electron chi connectivity index (χ2n) is 4.22. The summed E-state index contributed by atoms with van der Waals surface area (Å²) >= 11 is 11.8. The average Bonchev–Trinajstić information content (AvgIpc) is 2.81. The fraction of sp³-hybridized carbons (Fsp3) is 0.417. The van der Waals surface area contributed by atoms with E-state index < -0.39 is 0 Å². The van der Waals surface area contributed by atoms with Gasteiger partial charge in [0.2, 0.25) is 0 Å². The van der Waals surface area contributed by atoms with E-state index in [0.717, 1.165) is 0 Å². The first kappa shape index (κ1) is 13.5. The topological polar surface area (TPSA) is 58.6 Å². The Labute approximate surface area is 115 Å². The fourth-order valence-electron chi connectivity index (χ4n) is 2.25. The Bertz CT molecular complexity index is 479. The van der Waals surface area contributed by atoms with Crippen LogP contribution >= 0.6 is 23.2 Å². The minimum Gasteiger partial charge on any atom is -0.508 e. The van der Waals surface area contributed by atoms with E-state index in [1.165, 1.54) is 13.2 Å². The summed E-state index contributed by atoms with van der Waals surface area (Å²) in [6.45, 7) is 1.11. The predicted molar refractivity (Wildman–Crippen MR) is 69.2 cm³/mol. The first-order chi connectivity index (χ1) is 8.54. The molecular weight excluding hydrogens is 277 g/mol. The third kappa shape index (κ3) is 2.41. The lowest BCUT2D eigenvalue weighted by Crippen LogP contribution is -2.23. The number of esters is 1. The summed E-state index contributed by atoms with van der Waals surface area (Å²) in [5, 5.41) is 13.7. The van der Waals surface area contributed by atoms with Gasteiger partial charge in [-0.1, -0.05) is 23.2 Å². The number of phenolic OH excluding ortho intramolecular Hbond substituents is 1. The molecule has 4 nitrogen and oxygen atoms in total. The smallest absolute Gasteiger partial charge is 0.310 e. The van der Waals surface area contributed by atoms with Crippen LogP contribution in [-0.4, -0.2) is 31.3 Å². The lowest BCUT2D eigenvalue weighted by molar-refractivity contribution is -0.145.